The lowest BCUT2D eigenvalue weighted by Crippen LogP contribution is -2.70. The Morgan fingerprint density at radius 1 is 1.28 bits per heavy atom. The number of rotatable bonds is 6. The summed E-state index contributed by atoms with van der Waals surface area (Å²) in [6.45, 7) is 6.03. The Bertz CT molecular complexity index is 871. The third kappa shape index (κ3) is 4.41. The van der Waals surface area contributed by atoms with E-state index in [1.54, 1.807) is 11.3 Å². The molecule has 0 spiro atoms. The van der Waals surface area contributed by atoms with E-state index in [1.807, 2.05) is 48.8 Å². The molecule has 3 rings (SSSR count). The second-order valence-electron chi connectivity index (χ2n) is 5.33. The largest absolute Gasteiger partial charge is 0.494 e. The Morgan fingerprint density at radius 3 is 2.72 bits per heavy atom. The van der Waals surface area contributed by atoms with E-state index in [0.717, 1.165) is 32.8 Å². The molecule has 0 radical (unpaired) electrons. The van der Waals surface area contributed by atoms with Crippen molar-refractivity contribution in [3.63, 3.8) is 0 Å². The molecule has 0 aliphatic heterocycles. The van der Waals surface area contributed by atoms with Crippen molar-refractivity contribution in [2.45, 2.75) is 20.8 Å². The van der Waals surface area contributed by atoms with Gasteiger partial charge in [-0.1, -0.05) is 22.7 Å². The fourth-order valence-corrected chi connectivity index (χ4v) is 4.07. The summed E-state index contributed by atoms with van der Waals surface area (Å²) in [6, 6.07) is 7.94. The monoisotopic (exact) mass is 375 g/mol. The van der Waals surface area contributed by atoms with Crippen LogP contribution in [0.3, 0.4) is 0 Å². The molecule has 0 saturated heterocycles. The minimum Gasteiger partial charge on any atom is -0.494 e. The highest BCUT2D eigenvalue weighted by Gasteiger charge is 2.15. The van der Waals surface area contributed by atoms with E-state index in [2.05, 4.69) is 15.3 Å². The zero-order valence-corrected chi connectivity index (χ0v) is 15.8. The molecule has 3 N–H and O–H groups in total. The van der Waals surface area contributed by atoms with Crippen molar-refractivity contribution < 1.29 is 14.8 Å². The number of nitrogens with two attached hydrogens (primary N) is 1. The predicted molar refractivity (Wildman–Crippen MR) is 101 cm³/mol. The number of carbonyl (C=O) groups excluding carboxylic acids is 1. The van der Waals surface area contributed by atoms with E-state index < -0.39 is 0 Å². The minimum atomic E-state index is -0.122. The predicted octanol–water partition coefficient (Wildman–Crippen LogP) is 3.46. The second-order valence-corrected chi connectivity index (χ2v) is 7.22. The molecule has 1 aromatic carbocycles. The zero-order valence-electron chi connectivity index (χ0n) is 14.2. The highest BCUT2D eigenvalue weighted by molar-refractivity contribution is 7.19. The highest BCUT2D eigenvalue weighted by atomic mass is 32.1. The Labute approximate surface area is 153 Å². The Kier molecular flexibility index (Phi) is 5.42. The highest BCUT2D eigenvalue weighted by Crippen LogP contribution is 2.33. The lowest BCUT2D eigenvalue weighted by molar-refractivity contribution is -0.478. The first kappa shape index (κ1) is 17.5. The quantitative estimate of drug-likeness (QED) is 0.647. The molecule has 2 heterocycles. The van der Waals surface area contributed by atoms with Gasteiger partial charge in [0.15, 0.2) is 5.13 Å². The summed E-state index contributed by atoms with van der Waals surface area (Å²) >= 11 is 3.02. The maximum Gasteiger partial charge on any atom is 0.288 e. The van der Waals surface area contributed by atoms with Gasteiger partial charge in [-0.15, -0.1) is 0 Å². The van der Waals surface area contributed by atoms with E-state index in [1.165, 1.54) is 18.3 Å². The molecule has 2 aromatic heterocycles. The number of anilines is 1. The van der Waals surface area contributed by atoms with Gasteiger partial charge >= 0.3 is 0 Å². The fourth-order valence-electron chi connectivity index (χ4n) is 2.27. The van der Waals surface area contributed by atoms with Crippen LogP contribution in [0.2, 0.25) is 0 Å². The van der Waals surface area contributed by atoms with Gasteiger partial charge in [-0.2, -0.15) is 4.98 Å². The number of aromatic nitrogens is 2. The lowest BCUT2D eigenvalue weighted by atomic mass is 10.3. The van der Waals surface area contributed by atoms with Crippen LogP contribution in [-0.2, 0) is 4.79 Å². The van der Waals surface area contributed by atoms with Crippen LogP contribution < -0.4 is 15.4 Å². The average molecular weight is 375 g/mol. The minimum absolute atomic E-state index is 0.122. The van der Waals surface area contributed by atoms with E-state index >= 15 is 0 Å². The van der Waals surface area contributed by atoms with Gasteiger partial charge in [0.05, 0.1) is 22.9 Å². The van der Waals surface area contributed by atoms with Crippen molar-refractivity contribution in [3.8, 4) is 16.3 Å². The summed E-state index contributed by atoms with van der Waals surface area (Å²) in [5, 5.41) is 8.30. The molecular weight excluding hydrogens is 356 g/mol. The third-order valence-electron chi connectivity index (χ3n) is 3.32. The fraction of sp³-hybridized carbons (Fsp3) is 0.235. The summed E-state index contributed by atoms with van der Waals surface area (Å²) in [4.78, 5) is 21.2. The van der Waals surface area contributed by atoms with Gasteiger partial charge in [-0.3, -0.25) is 10.1 Å². The van der Waals surface area contributed by atoms with Crippen molar-refractivity contribution in [1.82, 2.24) is 9.97 Å². The number of aryl methyl sites for hydroxylation is 1. The first-order valence-corrected chi connectivity index (χ1v) is 9.53. The van der Waals surface area contributed by atoms with Crippen molar-refractivity contribution in [3.05, 3.63) is 35.3 Å². The van der Waals surface area contributed by atoms with Crippen LogP contribution in [0.15, 0.2) is 29.6 Å². The van der Waals surface area contributed by atoms with Crippen molar-refractivity contribution in [2.75, 3.05) is 11.9 Å². The Morgan fingerprint density at radius 2 is 2.04 bits per heavy atom. The maximum atomic E-state index is 11.2. The number of hydrogen-bond donors (Lipinski definition) is 2. The van der Waals surface area contributed by atoms with E-state index in [-0.39, 0.29) is 5.91 Å². The second kappa shape index (κ2) is 7.73. The molecule has 0 atom stereocenters. The van der Waals surface area contributed by atoms with E-state index in [0.29, 0.717) is 11.7 Å². The first-order chi connectivity index (χ1) is 12.0. The molecule has 1 amide bonds. The summed E-state index contributed by atoms with van der Waals surface area (Å²) < 4.78 is 5.45. The summed E-state index contributed by atoms with van der Waals surface area (Å²) in [7, 11) is 0. The molecule has 8 heteroatoms. The van der Waals surface area contributed by atoms with E-state index in [4.69, 9.17) is 4.74 Å². The summed E-state index contributed by atoms with van der Waals surface area (Å²) in [6.07, 6.45) is 0. The van der Waals surface area contributed by atoms with Gasteiger partial charge in [-0.25, -0.2) is 4.98 Å². The van der Waals surface area contributed by atoms with Crippen LogP contribution in [0.5, 0.6) is 5.75 Å². The molecule has 3 aromatic rings. The number of benzene rings is 1. The number of thiazole rings is 2. The van der Waals surface area contributed by atoms with Crippen LogP contribution >= 0.6 is 22.7 Å². The topological polar surface area (TPSA) is 80.7 Å². The number of nitrogens with one attached hydrogen (secondary N) is 1. The molecule has 25 heavy (non-hydrogen) atoms. The van der Waals surface area contributed by atoms with Crippen molar-refractivity contribution in [1.29, 1.82) is 0 Å². The molecule has 0 unspecified atom stereocenters. The molecule has 6 nitrogen and oxygen atoms in total. The van der Waals surface area contributed by atoms with Crippen molar-refractivity contribution in [2.24, 2.45) is 0 Å². The molecule has 0 saturated carbocycles. The number of nitrogens with zero attached hydrogens (tertiary/aromatic N) is 2. The molecule has 130 valence electrons. The molecule has 0 aliphatic rings. The van der Waals surface area contributed by atoms with Gasteiger partial charge in [-0.05, 0) is 26.0 Å². The third-order valence-corrected chi connectivity index (χ3v) is 5.20. The summed E-state index contributed by atoms with van der Waals surface area (Å²) in [5.74, 6) is 0.744. The number of ether oxygens (including phenoxy) is 1. The molecule has 0 fully saturated rings. The lowest BCUT2D eigenvalue weighted by Gasteiger charge is -2.02. The van der Waals surface area contributed by atoms with Crippen molar-refractivity contribution >= 4 is 44.5 Å². The van der Waals surface area contributed by atoms with Gasteiger partial charge in [0.25, 0.3) is 5.13 Å². The number of amides is 1. The molecule has 0 aliphatic carbocycles. The SMILES string of the molecule is CCOc1ccc([NH2+]c2nc(-c3sc(NC(C)=O)nc3C)cs2)cc1. The normalized spacial score (nSPS) is 10.7. The van der Waals surface area contributed by atoms with Crippen LogP contribution in [0, 0.1) is 6.92 Å². The van der Waals surface area contributed by atoms with Crippen LogP contribution in [-0.4, -0.2) is 22.5 Å². The molecule has 0 bridgehead atoms. The van der Waals surface area contributed by atoms with Gasteiger partial charge < -0.3 is 10.1 Å². The van der Waals surface area contributed by atoms with Crippen LogP contribution in [0.25, 0.3) is 10.6 Å². The number of carbonyl (C=O) groups is 1. The summed E-state index contributed by atoms with van der Waals surface area (Å²) in [5.41, 5.74) is 2.82. The average Bonchev–Trinajstić information content (AvgIpc) is 3.15. The Balaban J connectivity index is 1.74. The van der Waals surface area contributed by atoms with Gasteiger partial charge in [0, 0.05) is 24.4 Å². The van der Waals surface area contributed by atoms with Crippen LogP contribution in [0.1, 0.15) is 19.5 Å². The Hall–Kier alpha value is -2.29. The zero-order chi connectivity index (χ0) is 17.8. The first-order valence-electron chi connectivity index (χ1n) is 7.83. The standard InChI is InChI=1S/C17H18N4O2S2/c1-4-23-13-7-5-12(6-8-13)20-16-21-14(9-24-16)15-10(2)18-17(25-15)19-11(3)22/h5-9H,4H2,1-3H3,(H,20,21)(H,18,19,22)/p+1. The number of hydrogen-bond acceptors (Lipinski definition) is 6. The van der Waals surface area contributed by atoms with Crippen LogP contribution in [0.4, 0.5) is 16.0 Å². The van der Waals surface area contributed by atoms with Gasteiger partial charge in [0.1, 0.15) is 11.4 Å². The maximum absolute atomic E-state index is 11.2. The number of quaternary nitrogens is 1. The van der Waals surface area contributed by atoms with Gasteiger partial charge in [0.2, 0.25) is 5.91 Å². The molecular formula is C17H19N4O2S2+. The smallest absolute Gasteiger partial charge is 0.288 e. The van der Waals surface area contributed by atoms with E-state index in [9.17, 15) is 4.79 Å².